The van der Waals surface area contributed by atoms with Crippen LogP contribution in [0.15, 0.2) is 75.7 Å². The van der Waals surface area contributed by atoms with Gasteiger partial charge in [0.15, 0.2) is 0 Å². The largest absolute Gasteiger partial charge is 0.494 e. The first-order chi connectivity index (χ1) is 14.5. The van der Waals surface area contributed by atoms with Gasteiger partial charge in [-0.2, -0.15) is 0 Å². The molecule has 0 radical (unpaired) electrons. The fourth-order valence-electron chi connectivity index (χ4n) is 3.15. The topological polar surface area (TPSA) is 94.6 Å². The van der Waals surface area contributed by atoms with E-state index >= 15 is 0 Å². The predicted molar refractivity (Wildman–Crippen MR) is 119 cm³/mol. The zero-order valence-electron chi connectivity index (χ0n) is 16.2. The number of hydrogen-bond acceptors (Lipinski definition) is 6. The summed E-state index contributed by atoms with van der Waals surface area (Å²) in [6.45, 7) is 2.04. The summed E-state index contributed by atoms with van der Waals surface area (Å²) in [6, 6.07) is 14.6. The number of thiophene rings is 1. The second-order valence-corrected chi connectivity index (χ2v) is 9.37. The molecule has 6 nitrogen and oxygen atoms in total. The lowest BCUT2D eigenvalue weighted by molar-refractivity contribution is 0.308. The van der Waals surface area contributed by atoms with Gasteiger partial charge in [-0.1, -0.05) is 24.3 Å². The van der Waals surface area contributed by atoms with E-state index in [0.29, 0.717) is 13.2 Å². The highest BCUT2D eigenvalue weighted by Gasteiger charge is 2.09. The Morgan fingerprint density at radius 1 is 1.10 bits per heavy atom. The average Bonchev–Trinajstić information content (AvgIpc) is 3.34. The molecule has 0 aliphatic carbocycles. The summed E-state index contributed by atoms with van der Waals surface area (Å²) >= 11 is 1.67. The normalized spacial score (nSPS) is 11.8. The van der Waals surface area contributed by atoms with Gasteiger partial charge in [-0.05, 0) is 48.4 Å². The second kappa shape index (κ2) is 9.01. The van der Waals surface area contributed by atoms with Gasteiger partial charge in [0.2, 0.25) is 10.0 Å². The number of nitrogens with one attached hydrogen (secondary N) is 1. The van der Waals surface area contributed by atoms with Crippen LogP contribution in [-0.2, 0) is 16.6 Å². The summed E-state index contributed by atoms with van der Waals surface area (Å²) in [5.74, 6) is 0.842. The van der Waals surface area contributed by atoms with Gasteiger partial charge in [-0.15, -0.1) is 11.3 Å². The molecular formula is C22H22N2O4S2. The van der Waals surface area contributed by atoms with Crippen LogP contribution in [0.3, 0.4) is 0 Å². The van der Waals surface area contributed by atoms with Crippen molar-refractivity contribution >= 4 is 31.4 Å². The van der Waals surface area contributed by atoms with Crippen molar-refractivity contribution in [3.63, 3.8) is 0 Å². The molecule has 0 saturated heterocycles. The van der Waals surface area contributed by atoms with Gasteiger partial charge in [0.25, 0.3) is 0 Å². The van der Waals surface area contributed by atoms with Crippen molar-refractivity contribution in [1.82, 2.24) is 5.32 Å². The molecule has 0 aliphatic rings. The molecule has 0 atom stereocenters. The van der Waals surface area contributed by atoms with E-state index in [0.717, 1.165) is 45.5 Å². The summed E-state index contributed by atoms with van der Waals surface area (Å²) in [7, 11) is -3.65. The van der Waals surface area contributed by atoms with Crippen molar-refractivity contribution in [2.45, 2.75) is 17.9 Å². The smallest absolute Gasteiger partial charge is 0.238 e. The Bertz CT molecular complexity index is 1230. The van der Waals surface area contributed by atoms with Gasteiger partial charge >= 0.3 is 0 Å². The predicted octanol–water partition coefficient (Wildman–Crippen LogP) is 4.37. The highest BCUT2D eigenvalue weighted by molar-refractivity contribution is 7.89. The van der Waals surface area contributed by atoms with E-state index in [1.807, 2.05) is 12.1 Å². The van der Waals surface area contributed by atoms with E-state index in [9.17, 15) is 8.42 Å². The van der Waals surface area contributed by atoms with Crippen LogP contribution in [0.4, 0.5) is 0 Å². The molecular weight excluding hydrogens is 420 g/mol. The first kappa shape index (κ1) is 20.6. The quantitative estimate of drug-likeness (QED) is 0.376. The van der Waals surface area contributed by atoms with Gasteiger partial charge in [-0.3, -0.25) is 0 Å². The summed E-state index contributed by atoms with van der Waals surface area (Å²) < 4.78 is 34.9. The third-order valence-corrected chi connectivity index (χ3v) is 6.57. The Hall–Kier alpha value is -2.65. The second-order valence-electron chi connectivity index (χ2n) is 6.89. The first-order valence-corrected chi connectivity index (χ1v) is 11.9. The monoisotopic (exact) mass is 442 g/mol. The summed E-state index contributed by atoms with van der Waals surface area (Å²) in [4.78, 5) is 0.123. The number of ether oxygens (including phenoxy) is 1. The number of hydrogen-bond donors (Lipinski definition) is 2. The molecule has 0 unspecified atom stereocenters. The Kier molecular flexibility index (Phi) is 6.19. The van der Waals surface area contributed by atoms with Gasteiger partial charge in [-0.25, -0.2) is 13.6 Å². The van der Waals surface area contributed by atoms with E-state index in [4.69, 9.17) is 14.3 Å². The van der Waals surface area contributed by atoms with Crippen molar-refractivity contribution in [2.75, 3.05) is 13.2 Å². The van der Waals surface area contributed by atoms with Crippen LogP contribution in [0.5, 0.6) is 5.75 Å². The Labute approximate surface area is 179 Å². The highest BCUT2D eigenvalue weighted by atomic mass is 32.2. The number of furan rings is 1. The van der Waals surface area contributed by atoms with Gasteiger partial charge in [0, 0.05) is 22.9 Å². The molecule has 2 aromatic carbocycles. The Morgan fingerprint density at radius 2 is 1.93 bits per heavy atom. The van der Waals surface area contributed by atoms with Crippen molar-refractivity contribution in [2.24, 2.45) is 5.14 Å². The lowest BCUT2D eigenvalue weighted by Gasteiger charge is -2.09. The molecule has 0 fully saturated rings. The summed E-state index contributed by atoms with van der Waals surface area (Å²) in [5.41, 5.74) is 3.27. The van der Waals surface area contributed by atoms with Crippen LogP contribution in [0, 0.1) is 0 Å². The van der Waals surface area contributed by atoms with E-state index < -0.39 is 10.0 Å². The van der Waals surface area contributed by atoms with Crippen LogP contribution in [-0.4, -0.2) is 21.6 Å². The molecule has 156 valence electrons. The van der Waals surface area contributed by atoms with Crippen LogP contribution >= 0.6 is 11.3 Å². The minimum absolute atomic E-state index is 0.123. The summed E-state index contributed by atoms with van der Waals surface area (Å²) in [5, 5.41) is 11.7. The molecule has 0 spiro atoms. The number of rotatable bonds is 9. The van der Waals surface area contributed by atoms with Gasteiger partial charge < -0.3 is 14.5 Å². The third kappa shape index (κ3) is 4.91. The molecule has 8 heteroatoms. The standard InChI is InChI=1S/C22H22N2O4S2/c23-30(25,26)19-7-5-16(6-8-19)12-24-9-2-10-28-18-4-1-3-17(11-18)21-15-29-22-14-27-13-20(21)22/h1,3-8,11,13-15,24H,2,9-10,12H2,(H2,23,25,26). The van der Waals surface area contributed by atoms with Gasteiger partial charge in [0.1, 0.15) is 12.0 Å². The summed E-state index contributed by atoms with van der Waals surface area (Å²) in [6.07, 6.45) is 4.40. The van der Waals surface area contributed by atoms with Crippen LogP contribution in [0.1, 0.15) is 12.0 Å². The van der Waals surface area contributed by atoms with Gasteiger partial charge in [0.05, 0.1) is 22.5 Å². The molecule has 0 aliphatic heterocycles. The average molecular weight is 443 g/mol. The third-order valence-electron chi connectivity index (χ3n) is 4.71. The number of nitrogens with two attached hydrogens (primary N) is 1. The highest BCUT2D eigenvalue weighted by Crippen LogP contribution is 2.35. The molecule has 30 heavy (non-hydrogen) atoms. The minimum Gasteiger partial charge on any atom is -0.494 e. The molecule has 0 amide bonds. The maximum Gasteiger partial charge on any atom is 0.238 e. The lowest BCUT2D eigenvalue weighted by Crippen LogP contribution is -2.17. The number of benzene rings is 2. The first-order valence-electron chi connectivity index (χ1n) is 9.50. The molecule has 2 heterocycles. The Morgan fingerprint density at radius 3 is 2.73 bits per heavy atom. The Balaban J connectivity index is 1.23. The molecule has 4 aromatic rings. The van der Waals surface area contributed by atoms with E-state index in [1.165, 1.54) is 12.1 Å². The molecule has 0 bridgehead atoms. The maximum absolute atomic E-state index is 11.3. The molecule has 2 aromatic heterocycles. The van der Waals surface area contributed by atoms with E-state index in [2.05, 4.69) is 22.8 Å². The van der Waals surface area contributed by atoms with Crippen molar-refractivity contribution < 1.29 is 17.6 Å². The van der Waals surface area contributed by atoms with E-state index in [-0.39, 0.29) is 4.90 Å². The minimum atomic E-state index is -3.65. The molecule has 4 rings (SSSR count). The SMILES string of the molecule is NS(=O)(=O)c1ccc(CNCCCOc2cccc(-c3csc4cocc34)c2)cc1. The van der Waals surface area contributed by atoms with Crippen molar-refractivity contribution in [3.8, 4) is 16.9 Å². The van der Waals surface area contributed by atoms with E-state index in [1.54, 1.807) is 36.0 Å². The molecule has 3 N–H and O–H groups in total. The number of primary sulfonamides is 1. The molecule has 0 saturated carbocycles. The maximum atomic E-state index is 11.3. The van der Waals surface area contributed by atoms with Crippen molar-refractivity contribution in [3.05, 3.63) is 72.0 Å². The van der Waals surface area contributed by atoms with Crippen LogP contribution in [0.25, 0.3) is 21.2 Å². The van der Waals surface area contributed by atoms with Crippen LogP contribution in [0.2, 0.25) is 0 Å². The number of sulfonamides is 1. The number of fused-ring (bicyclic) bond motifs is 1. The van der Waals surface area contributed by atoms with Crippen LogP contribution < -0.4 is 15.2 Å². The lowest BCUT2D eigenvalue weighted by atomic mass is 10.1. The fourth-order valence-corrected chi connectivity index (χ4v) is 4.57. The fraction of sp³-hybridized carbons (Fsp3) is 0.182. The zero-order valence-corrected chi connectivity index (χ0v) is 17.8. The van der Waals surface area contributed by atoms with Crippen molar-refractivity contribution in [1.29, 1.82) is 0 Å². The zero-order chi connectivity index (χ0) is 21.0.